The van der Waals surface area contributed by atoms with Gasteiger partial charge in [-0.2, -0.15) is 0 Å². The van der Waals surface area contributed by atoms with Gasteiger partial charge in [-0.25, -0.2) is 4.98 Å². The van der Waals surface area contributed by atoms with E-state index in [0.717, 1.165) is 54.8 Å². The van der Waals surface area contributed by atoms with E-state index in [0.29, 0.717) is 5.02 Å². The fraction of sp³-hybridized carbons (Fsp3) is 0.462. The Balaban J connectivity index is 2.12. The van der Waals surface area contributed by atoms with Crippen LogP contribution >= 0.6 is 11.6 Å². The summed E-state index contributed by atoms with van der Waals surface area (Å²) in [7, 11) is 0. The first-order valence-corrected chi connectivity index (χ1v) is 6.34. The molecule has 2 aromatic rings. The van der Waals surface area contributed by atoms with Crippen molar-refractivity contribution in [3.8, 4) is 0 Å². The minimum absolute atomic E-state index is 0.706. The molecule has 2 N–H and O–H groups in total. The SMILES string of the molecule is Cc1cc(Cl)cc2nc(CCCCCN)oc12. The number of oxazole rings is 1. The van der Waals surface area contributed by atoms with E-state index in [1.165, 1.54) is 0 Å². The first-order chi connectivity index (χ1) is 8.20. The molecule has 4 heteroatoms. The third kappa shape index (κ3) is 2.99. The van der Waals surface area contributed by atoms with Crippen molar-refractivity contribution in [2.45, 2.75) is 32.6 Å². The number of benzene rings is 1. The highest BCUT2D eigenvalue weighted by Crippen LogP contribution is 2.24. The van der Waals surface area contributed by atoms with Crippen LogP contribution < -0.4 is 5.73 Å². The third-order valence-corrected chi connectivity index (χ3v) is 3.00. The first kappa shape index (κ1) is 12.4. The van der Waals surface area contributed by atoms with Gasteiger partial charge < -0.3 is 10.2 Å². The van der Waals surface area contributed by atoms with E-state index in [1.54, 1.807) is 0 Å². The summed E-state index contributed by atoms with van der Waals surface area (Å²) < 4.78 is 5.73. The molecule has 0 aliphatic rings. The summed E-state index contributed by atoms with van der Waals surface area (Å²) in [6.45, 7) is 2.74. The predicted octanol–water partition coefficient (Wildman–Crippen LogP) is 3.46. The van der Waals surface area contributed by atoms with Crippen molar-refractivity contribution in [3.63, 3.8) is 0 Å². The molecule has 0 aliphatic heterocycles. The average molecular weight is 253 g/mol. The molecule has 1 aromatic carbocycles. The number of unbranched alkanes of at least 4 members (excludes halogenated alkanes) is 2. The van der Waals surface area contributed by atoms with Crippen LogP contribution in [0.15, 0.2) is 16.5 Å². The van der Waals surface area contributed by atoms with Gasteiger partial charge in [-0.05, 0) is 44.0 Å². The van der Waals surface area contributed by atoms with E-state index in [9.17, 15) is 0 Å². The fourth-order valence-electron chi connectivity index (χ4n) is 1.91. The molecule has 0 saturated heterocycles. The highest BCUT2D eigenvalue weighted by molar-refractivity contribution is 6.31. The van der Waals surface area contributed by atoms with Gasteiger partial charge in [-0.1, -0.05) is 18.0 Å². The maximum Gasteiger partial charge on any atom is 0.195 e. The molecule has 0 unspecified atom stereocenters. The van der Waals surface area contributed by atoms with E-state index >= 15 is 0 Å². The summed E-state index contributed by atoms with van der Waals surface area (Å²) in [6, 6.07) is 3.74. The predicted molar refractivity (Wildman–Crippen MR) is 70.4 cm³/mol. The van der Waals surface area contributed by atoms with Crippen molar-refractivity contribution in [1.82, 2.24) is 4.98 Å². The second kappa shape index (κ2) is 5.52. The molecule has 3 nitrogen and oxygen atoms in total. The molecule has 0 radical (unpaired) electrons. The maximum absolute atomic E-state index is 5.98. The number of hydrogen-bond acceptors (Lipinski definition) is 3. The Morgan fingerprint density at radius 3 is 2.88 bits per heavy atom. The summed E-state index contributed by atoms with van der Waals surface area (Å²) in [5.74, 6) is 0.794. The van der Waals surface area contributed by atoms with E-state index in [2.05, 4.69) is 4.98 Å². The van der Waals surface area contributed by atoms with E-state index in [1.807, 2.05) is 19.1 Å². The smallest absolute Gasteiger partial charge is 0.195 e. The summed E-state index contributed by atoms with van der Waals surface area (Å²) >= 11 is 5.98. The van der Waals surface area contributed by atoms with Crippen LogP contribution in [0.25, 0.3) is 11.1 Å². The number of nitrogens with zero attached hydrogens (tertiary/aromatic N) is 1. The van der Waals surface area contributed by atoms with Gasteiger partial charge in [0.2, 0.25) is 0 Å². The molecule has 0 fully saturated rings. The summed E-state index contributed by atoms with van der Waals surface area (Å²) in [5, 5.41) is 0.706. The highest BCUT2D eigenvalue weighted by atomic mass is 35.5. The van der Waals surface area contributed by atoms with E-state index in [4.69, 9.17) is 21.8 Å². The van der Waals surface area contributed by atoms with Gasteiger partial charge in [-0.3, -0.25) is 0 Å². The Morgan fingerprint density at radius 2 is 2.12 bits per heavy atom. The van der Waals surface area contributed by atoms with Crippen LogP contribution in [-0.4, -0.2) is 11.5 Å². The Hall–Kier alpha value is -1.06. The standard InChI is InChI=1S/C13H17ClN2O/c1-9-7-10(14)8-11-13(9)17-12(16-11)5-3-2-4-6-15/h7-8H,2-6,15H2,1H3. The van der Waals surface area contributed by atoms with Crippen LogP contribution in [0.1, 0.15) is 30.7 Å². The first-order valence-electron chi connectivity index (χ1n) is 5.96. The van der Waals surface area contributed by atoms with Crippen molar-refractivity contribution in [2.75, 3.05) is 6.54 Å². The lowest BCUT2D eigenvalue weighted by Gasteiger charge is -1.95. The Kier molecular flexibility index (Phi) is 4.02. The molecule has 17 heavy (non-hydrogen) atoms. The molecule has 0 bridgehead atoms. The van der Waals surface area contributed by atoms with Crippen LogP contribution in [0, 0.1) is 6.92 Å². The Morgan fingerprint density at radius 1 is 1.29 bits per heavy atom. The van der Waals surface area contributed by atoms with Gasteiger partial charge in [0.05, 0.1) is 0 Å². The number of nitrogens with two attached hydrogens (primary N) is 1. The zero-order valence-corrected chi connectivity index (χ0v) is 10.8. The number of aryl methyl sites for hydroxylation is 2. The topological polar surface area (TPSA) is 52.0 Å². The van der Waals surface area contributed by atoms with E-state index < -0.39 is 0 Å². The van der Waals surface area contributed by atoms with Crippen LogP contribution in [0.3, 0.4) is 0 Å². The molecule has 0 spiro atoms. The summed E-state index contributed by atoms with van der Waals surface area (Å²) in [5.41, 5.74) is 8.19. The highest BCUT2D eigenvalue weighted by Gasteiger charge is 2.08. The normalized spacial score (nSPS) is 11.2. The molecule has 2 rings (SSSR count). The monoisotopic (exact) mass is 252 g/mol. The molecule has 0 amide bonds. The van der Waals surface area contributed by atoms with Crippen LogP contribution in [0.5, 0.6) is 0 Å². The quantitative estimate of drug-likeness (QED) is 0.829. The number of fused-ring (bicyclic) bond motifs is 1. The largest absolute Gasteiger partial charge is 0.440 e. The zero-order valence-electron chi connectivity index (χ0n) is 10.0. The second-order valence-corrected chi connectivity index (χ2v) is 4.71. The van der Waals surface area contributed by atoms with Crippen molar-refractivity contribution >= 4 is 22.7 Å². The lowest BCUT2D eigenvalue weighted by molar-refractivity contribution is 0.509. The summed E-state index contributed by atoms with van der Waals surface area (Å²) in [6.07, 6.45) is 4.11. The molecule has 0 atom stereocenters. The molecular weight excluding hydrogens is 236 g/mol. The third-order valence-electron chi connectivity index (χ3n) is 2.78. The molecule has 0 saturated carbocycles. The number of hydrogen-bond donors (Lipinski definition) is 1. The number of aromatic nitrogens is 1. The van der Waals surface area contributed by atoms with Gasteiger partial charge >= 0.3 is 0 Å². The fourth-order valence-corrected chi connectivity index (χ4v) is 2.17. The lowest BCUT2D eigenvalue weighted by Crippen LogP contribution is -1.98. The average Bonchev–Trinajstić information content (AvgIpc) is 2.67. The minimum Gasteiger partial charge on any atom is -0.440 e. The minimum atomic E-state index is 0.706. The number of halogens is 1. The van der Waals surface area contributed by atoms with Gasteiger partial charge in [0.15, 0.2) is 11.5 Å². The molecule has 0 aliphatic carbocycles. The number of rotatable bonds is 5. The summed E-state index contributed by atoms with van der Waals surface area (Å²) in [4.78, 5) is 4.45. The molecule has 1 aromatic heterocycles. The van der Waals surface area contributed by atoms with Crippen molar-refractivity contribution in [2.24, 2.45) is 5.73 Å². The van der Waals surface area contributed by atoms with Crippen molar-refractivity contribution < 1.29 is 4.42 Å². The zero-order chi connectivity index (χ0) is 12.3. The maximum atomic E-state index is 5.98. The van der Waals surface area contributed by atoms with Crippen LogP contribution in [0.2, 0.25) is 5.02 Å². The van der Waals surface area contributed by atoms with Crippen molar-refractivity contribution in [3.05, 3.63) is 28.6 Å². The lowest BCUT2D eigenvalue weighted by atomic mass is 10.2. The van der Waals surface area contributed by atoms with Gasteiger partial charge in [0.25, 0.3) is 0 Å². The van der Waals surface area contributed by atoms with E-state index in [-0.39, 0.29) is 0 Å². The molecule has 92 valence electrons. The van der Waals surface area contributed by atoms with Crippen molar-refractivity contribution in [1.29, 1.82) is 0 Å². The Bertz CT molecular complexity index is 507. The molecule has 1 heterocycles. The van der Waals surface area contributed by atoms with Gasteiger partial charge in [-0.15, -0.1) is 0 Å². The molecular formula is C13H17ClN2O. The second-order valence-electron chi connectivity index (χ2n) is 4.28. The van der Waals surface area contributed by atoms with Gasteiger partial charge in [0, 0.05) is 11.4 Å². The van der Waals surface area contributed by atoms with Crippen LogP contribution in [0.4, 0.5) is 0 Å². The van der Waals surface area contributed by atoms with Gasteiger partial charge in [0.1, 0.15) is 5.52 Å². The Labute approximate surface area is 106 Å². The van der Waals surface area contributed by atoms with Crippen LogP contribution in [-0.2, 0) is 6.42 Å².